The zero-order chi connectivity index (χ0) is 25.8. The highest BCUT2D eigenvalue weighted by Crippen LogP contribution is 2.69. The molecule has 7 rings (SSSR count). The summed E-state index contributed by atoms with van der Waals surface area (Å²) in [6, 6.07) is 23.9. The molecule has 6 nitrogen and oxygen atoms in total. The minimum Gasteiger partial charge on any atom is -0.497 e. The third kappa shape index (κ3) is 3.24. The van der Waals surface area contributed by atoms with E-state index >= 15 is 0 Å². The number of carboxylic acids is 1. The Bertz CT molecular complexity index is 1370. The number of ether oxygens (including phenoxy) is 2. The second-order valence-electron chi connectivity index (χ2n) is 10.5. The van der Waals surface area contributed by atoms with Gasteiger partial charge in [-0.15, -0.1) is 0 Å². The number of fused-ring (bicyclic) bond motifs is 1. The van der Waals surface area contributed by atoms with E-state index in [1.54, 1.807) is 19.1 Å². The molecule has 1 amide bonds. The predicted octanol–water partition coefficient (Wildman–Crippen LogP) is 4.65. The van der Waals surface area contributed by atoms with E-state index in [0.29, 0.717) is 12.3 Å². The fourth-order valence-corrected chi connectivity index (χ4v) is 7.66. The van der Waals surface area contributed by atoms with Gasteiger partial charge in [-0.25, -0.2) is 0 Å². The largest absolute Gasteiger partial charge is 0.497 e. The molecule has 1 heterocycles. The number of hydrogen-bond acceptors (Lipinski definition) is 4. The van der Waals surface area contributed by atoms with E-state index in [1.807, 2.05) is 48.5 Å². The number of amides is 1. The number of rotatable bonds is 6. The highest BCUT2D eigenvalue weighted by atomic mass is 16.5. The van der Waals surface area contributed by atoms with Crippen molar-refractivity contribution in [3.05, 3.63) is 95.1 Å². The summed E-state index contributed by atoms with van der Waals surface area (Å²) in [6.45, 7) is 0.634. The number of carbonyl (C=O) groups excluding carboxylic acids is 1. The third-order valence-corrected chi connectivity index (χ3v) is 9.23. The van der Waals surface area contributed by atoms with Crippen molar-refractivity contribution >= 4 is 11.9 Å². The van der Waals surface area contributed by atoms with E-state index in [9.17, 15) is 14.7 Å². The van der Waals surface area contributed by atoms with Crippen LogP contribution in [0.2, 0.25) is 0 Å². The highest BCUT2D eigenvalue weighted by Gasteiger charge is 2.70. The molecular formula is C31H31NO5. The topological polar surface area (TPSA) is 76.1 Å². The summed E-state index contributed by atoms with van der Waals surface area (Å²) in [6.07, 6.45) is 1.81. The van der Waals surface area contributed by atoms with Gasteiger partial charge in [0.25, 0.3) is 0 Å². The maximum Gasteiger partial charge on any atom is 0.312 e. The van der Waals surface area contributed by atoms with Gasteiger partial charge < -0.3 is 19.5 Å². The number of carbonyl (C=O) groups is 2. The van der Waals surface area contributed by atoms with E-state index in [1.165, 1.54) is 5.56 Å². The summed E-state index contributed by atoms with van der Waals surface area (Å²) in [4.78, 5) is 28.8. The summed E-state index contributed by atoms with van der Waals surface area (Å²) in [7, 11) is 3.24. The van der Waals surface area contributed by atoms with Gasteiger partial charge in [-0.3, -0.25) is 9.59 Å². The first-order valence-electron chi connectivity index (χ1n) is 12.8. The molecular weight excluding hydrogens is 466 g/mol. The van der Waals surface area contributed by atoms with Crippen LogP contribution in [0.3, 0.4) is 0 Å². The van der Waals surface area contributed by atoms with Crippen LogP contribution >= 0.6 is 0 Å². The van der Waals surface area contributed by atoms with E-state index in [0.717, 1.165) is 35.3 Å². The molecule has 2 bridgehead atoms. The van der Waals surface area contributed by atoms with Gasteiger partial charge in [0.15, 0.2) is 0 Å². The fourth-order valence-electron chi connectivity index (χ4n) is 7.66. The van der Waals surface area contributed by atoms with E-state index in [4.69, 9.17) is 9.47 Å². The SMILES string of the molecule is COc1ccc(C23CCC(c4ccccc42)C2(C(=O)O)CN(C(=O)Cc4ccccc4OC)CC32)cc1. The number of nitrogens with zero attached hydrogens (tertiary/aromatic N) is 1. The molecule has 4 unspecified atom stereocenters. The summed E-state index contributed by atoms with van der Waals surface area (Å²) in [5.41, 5.74) is 2.69. The van der Waals surface area contributed by atoms with Crippen molar-refractivity contribution in [2.24, 2.45) is 11.3 Å². The third-order valence-electron chi connectivity index (χ3n) is 9.23. The number of hydrogen-bond donors (Lipinski definition) is 1. The fraction of sp³-hybridized carbons (Fsp3) is 0.355. The molecule has 6 heteroatoms. The average molecular weight is 498 g/mol. The monoisotopic (exact) mass is 497 g/mol. The minimum absolute atomic E-state index is 0.0622. The number of para-hydroxylation sites is 1. The maximum absolute atomic E-state index is 13.7. The zero-order valence-corrected chi connectivity index (χ0v) is 21.1. The Morgan fingerprint density at radius 2 is 1.70 bits per heavy atom. The summed E-state index contributed by atoms with van der Waals surface area (Å²) >= 11 is 0. The number of carboxylic acid groups (broad SMARTS) is 1. The van der Waals surface area contributed by atoms with Gasteiger partial charge >= 0.3 is 5.97 Å². The van der Waals surface area contributed by atoms with Crippen LogP contribution in [-0.4, -0.2) is 49.2 Å². The maximum atomic E-state index is 13.7. The lowest BCUT2D eigenvalue weighted by molar-refractivity contribution is -0.157. The van der Waals surface area contributed by atoms with Crippen LogP contribution in [0, 0.1) is 11.3 Å². The lowest BCUT2D eigenvalue weighted by Crippen LogP contribution is -2.60. The van der Waals surface area contributed by atoms with Crippen molar-refractivity contribution in [2.75, 3.05) is 27.3 Å². The summed E-state index contributed by atoms with van der Waals surface area (Å²) in [5.74, 6) is 0.205. The number of aliphatic carboxylic acids is 1. The van der Waals surface area contributed by atoms with Crippen LogP contribution in [0.1, 0.15) is 41.0 Å². The Morgan fingerprint density at radius 1 is 0.973 bits per heavy atom. The highest BCUT2D eigenvalue weighted by molar-refractivity contribution is 5.85. The molecule has 1 saturated heterocycles. The molecule has 37 heavy (non-hydrogen) atoms. The van der Waals surface area contributed by atoms with Gasteiger partial charge in [-0.2, -0.15) is 0 Å². The number of benzene rings is 3. The van der Waals surface area contributed by atoms with Gasteiger partial charge in [-0.1, -0.05) is 54.6 Å². The van der Waals surface area contributed by atoms with Crippen LogP contribution in [0.5, 0.6) is 11.5 Å². The van der Waals surface area contributed by atoms with Gasteiger partial charge in [0, 0.05) is 35.9 Å². The lowest BCUT2D eigenvalue weighted by Gasteiger charge is -2.59. The molecule has 0 aromatic heterocycles. The molecule has 1 N–H and O–H groups in total. The molecule has 3 aromatic rings. The first-order valence-corrected chi connectivity index (χ1v) is 12.8. The van der Waals surface area contributed by atoms with Crippen molar-refractivity contribution in [3.63, 3.8) is 0 Å². The standard InChI is InChI=1S/C31H31NO5/c1-36-22-13-11-21(12-14-22)30-16-15-25(23-8-4-5-9-24(23)30)31(29(34)35)19-32(18-27(30)31)28(33)17-20-7-3-6-10-26(20)37-2/h3-14,25,27H,15-19H2,1-2H3,(H,34,35). The Balaban J connectivity index is 1.46. The van der Waals surface area contributed by atoms with Crippen LogP contribution in [0.15, 0.2) is 72.8 Å². The van der Waals surface area contributed by atoms with E-state index < -0.39 is 16.8 Å². The normalized spacial score (nSPS) is 27.4. The van der Waals surface area contributed by atoms with Crippen molar-refractivity contribution in [3.8, 4) is 11.5 Å². The molecule has 3 aliphatic carbocycles. The Morgan fingerprint density at radius 3 is 2.43 bits per heavy atom. The minimum atomic E-state index is -1.04. The Hall–Kier alpha value is -3.80. The van der Waals surface area contributed by atoms with Crippen molar-refractivity contribution < 1.29 is 24.2 Å². The quantitative estimate of drug-likeness (QED) is 0.537. The van der Waals surface area contributed by atoms with Gasteiger partial charge in [0.1, 0.15) is 11.5 Å². The van der Waals surface area contributed by atoms with Crippen LogP contribution in [0.4, 0.5) is 0 Å². The lowest BCUT2D eigenvalue weighted by atomic mass is 9.42. The smallest absolute Gasteiger partial charge is 0.312 e. The summed E-state index contributed by atoms with van der Waals surface area (Å²) in [5, 5.41) is 10.9. The second kappa shape index (κ2) is 8.65. The molecule has 1 aliphatic heterocycles. The molecule has 190 valence electrons. The number of likely N-dealkylation sites (tertiary alicyclic amines) is 1. The van der Waals surface area contributed by atoms with Gasteiger partial charge in [0.2, 0.25) is 5.91 Å². The second-order valence-corrected chi connectivity index (χ2v) is 10.5. The first-order chi connectivity index (χ1) is 18.0. The Kier molecular flexibility index (Phi) is 5.51. The van der Waals surface area contributed by atoms with Gasteiger partial charge in [-0.05, 0) is 47.7 Å². The molecule has 1 saturated carbocycles. The van der Waals surface area contributed by atoms with Crippen LogP contribution < -0.4 is 9.47 Å². The number of methoxy groups -OCH3 is 2. The van der Waals surface area contributed by atoms with E-state index in [-0.39, 0.29) is 30.7 Å². The Labute approximate surface area is 216 Å². The molecule has 0 radical (unpaired) electrons. The van der Waals surface area contributed by atoms with Crippen LogP contribution in [-0.2, 0) is 21.4 Å². The van der Waals surface area contributed by atoms with Crippen molar-refractivity contribution in [2.45, 2.75) is 30.6 Å². The van der Waals surface area contributed by atoms with Gasteiger partial charge in [0.05, 0.1) is 26.1 Å². The molecule has 4 aliphatic rings. The molecule has 4 atom stereocenters. The molecule has 2 fully saturated rings. The first kappa shape index (κ1) is 23.6. The van der Waals surface area contributed by atoms with E-state index in [2.05, 4.69) is 24.3 Å². The van der Waals surface area contributed by atoms with Crippen molar-refractivity contribution in [1.29, 1.82) is 0 Å². The van der Waals surface area contributed by atoms with Crippen LogP contribution in [0.25, 0.3) is 0 Å². The average Bonchev–Trinajstić information content (AvgIpc) is 3.38. The predicted molar refractivity (Wildman–Crippen MR) is 139 cm³/mol. The molecule has 3 aromatic carbocycles. The molecule has 0 spiro atoms. The summed E-state index contributed by atoms with van der Waals surface area (Å²) < 4.78 is 10.9. The zero-order valence-electron chi connectivity index (χ0n) is 21.1. The van der Waals surface area contributed by atoms with Crippen molar-refractivity contribution in [1.82, 2.24) is 4.90 Å².